The van der Waals surface area contributed by atoms with E-state index in [1.165, 1.54) is 0 Å². The molecule has 1 amide bonds. The quantitative estimate of drug-likeness (QED) is 0.786. The lowest BCUT2D eigenvalue weighted by Gasteiger charge is -2.07. The summed E-state index contributed by atoms with van der Waals surface area (Å²) >= 11 is 17.8. The van der Waals surface area contributed by atoms with Crippen LogP contribution < -0.4 is 5.32 Å². The maximum Gasteiger partial charge on any atom is 0.269 e. The van der Waals surface area contributed by atoms with E-state index in [1.807, 2.05) is 0 Å². The Balaban J connectivity index is 2.22. The number of amides is 1. The van der Waals surface area contributed by atoms with Gasteiger partial charge in [0.25, 0.3) is 5.91 Å². The predicted molar refractivity (Wildman–Crippen MR) is 91.7 cm³/mol. The van der Waals surface area contributed by atoms with Gasteiger partial charge in [-0.3, -0.25) is 4.79 Å². The summed E-state index contributed by atoms with van der Waals surface area (Å²) in [6, 6.07) is 15.2. The molecule has 0 saturated carbocycles. The molecule has 1 atom stereocenters. The normalized spacial score (nSPS) is 13.2. The summed E-state index contributed by atoms with van der Waals surface area (Å²) in [6.45, 7) is 0. The van der Waals surface area contributed by atoms with E-state index in [9.17, 15) is 9.00 Å². The minimum atomic E-state index is -1.72. The summed E-state index contributed by atoms with van der Waals surface area (Å²) in [6.07, 6.45) is 0. The number of rotatable bonds is 4. The van der Waals surface area contributed by atoms with Crippen molar-refractivity contribution in [3.05, 3.63) is 69.0 Å². The summed E-state index contributed by atoms with van der Waals surface area (Å²) in [4.78, 5) is 12.5. The molecule has 0 saturated heterocycles. The minimum Gasteiger partial charge on any atom is -0.320 e. The molecule has 7 heteroatoms. The Morgan fingerprint density at radius 2 is 1.55 bits per heavy atom. The highest BCUT2D eigenvalue weighted by atomic mass is 35.5. The van der Waals surface area contributed by atoms with Crippen LogP contribution in [0.15, 0.2) is 68.9 Å². The van der Waals surface area contributed by atoms with E-state index in [0.717, 1.165) is 0 Å². The third kappa shape index (κ3) is 4.11. The van der Waals surface area contributed by atoms with Crippen LogP contribution in [-0.2, 0) is 15.6 Å². The van der Waals surface area contributed by atoms with Crippen LogP contribution in [0.3, 0.4) is 0 Å². The number of nitrogens with one attached hydrogen (secondary N) is 1. The lowest BCUT2D eigenvalue weighted by Crippen LogP contribution is -2.13. The van der Waals surface area contributed by atoms with E-state index < -0.39 is 16.7 Å². The number of hydrogen-bond donors (Lipinski definition) is 1. The largest absolute Gasteiger partial charge is 0.320 e. The van der Waals surface area contributed by atoms with Crippen molar-refractivity contribution in [3.63, 3.8) is 0 Å². The van der Waals surface area contributed by atoms with Crippen molar-refractivity contribution in [1.29, 1.82) is 0 Å². The third-order valence-corrected chi connectivity index (χ3v) is 5.35. The molecular formula is C15H10Cl3NO2S. The Morgan fingerprint density at radius 3 is 2.18 bits per heavy atom. The van der Waals surface area contributed by atoms with Crippen LogP contribution in [0.25, 0.3) is 0 Å². The van der Waals surface area contributed by atoms with Crippen LogP contribution in [0.4, 0.5) is 5.69 Å². The number of para-hydroxylation sites is 1. The summed E-state index contributed by atoms with van der Waals surface area (Å²) in [7, 11) is -1.72. The molecular weight excluding hydrogens is 365 g/mol. The number of hydrogen-bond acceptors (Lipinski definition) is 2. The van der Waals surface area contributed by atoms with Crippen molar-refractivity contribution in [3.8, 4) is 0 Å². The average molecular weight is 375 g/mol. The summed E-state index contributed by atoms with van der Waals surface area (Å²) < 4.78 is 12.0. The van der Waals surface area contributed by atoms with Gasteiger partial charge in [-0.05, 0) is 24.3 Å². The number of benzene rings is 2. The van der Waals surface area contributed by atoms with Crippen molar-refractivity contribution >= 4 is 57.2 Å². The van der Waals surface area contributed by atoms with E-state index in [-0.39, 0.29) is 9.40 Å². The Bertz CT molecular complexity index is 747. The molecule has 2 rings (SSSR count). The predicted octanol–water partition coefficient (Wildman–Crippen LogP) is 4.73. The zero-order valence-corrected chi connectivity index (χ0v) is 14.1. The van der Waals surface area contributed by atoms with Crippen LogP contribution in [0.1, 0.15) is 0 Å². The maximum atomic E-state index is 12.2. The molecule has 2 aromatic carbocycles. The van der Waals surface area contributed by atoms with Crippen LogP contribution in [0, 0.1) is 0 Å². The van der Waals surface area contributed by atoms with Gasteiger partial charge >= 0.3 is 0 Å². The number of carbonyl (C=O) groups is 1. The van der Waals surface area contributed by atoms with Gasteiger partial charge in [0.15, 0.2) is 0 Å². The average Bonchev–Trinajstić information content (AvgIpc) is 2.55. The Morgan fingerprint density at radius 1 is 0.955 bits per heavy atom. The summed E-state index contributed by atoms with van der Waals surface area (Å²) in [5, 5.41) is 2.54. The van der Waals surface area contributed by atoms with Gasteiger partial charge in [0.05, 0.1) is 21.5 Å². The first-order valence-electron chi connectivity index (χ1n) is 6.08. The van der Waals surface area contributed by atoms with Gasteiger partial charge in [0, 0.05) is 4.90 Å². The van der Waals surface area contributed by atoms with Crippen molar-refractivity contribution in [1.82, 2.24) is 0 Å². The smallest absolute Gasteiger partial charge is 0.269 e. The van der Waals surface area contributed by atoms with Gasteiger partial charge in [0.1, 0.15) is 9.40 Å². The number of carbonyl (C=O) groups excluding carboxylic acids is 1. The molecule has 0 spiro atoms. The van der Waals surface area contributed by atoms with Crippen molar-refractivity contribution in [2.75, 3.05) is 5.32 Å². The van der Waals surface area contributed by atoms with Gasteiger partial charge in [-0.1, -0.05) is 65.1 Å². The molecule has 0 heterocycles. The molecule has 0 aliphatic heterocycles. The second-order valence-corrected chi connectivity index (χ2v) is 6.91. The maximum absolute atomic E-state index is 12.2. The SMILES string of the molecule is O=C(Nc1ccccc1Cl)/C(Cl)=C(\Cl)[S@@](=O)c1ccccc1. The fourth-order valence-corrected chi connectivity index (χ4v) is 3.22. The van der Waals surface area contributed by atoms with Gasteiger partial charge in [-0.2, -0.15) is 0 Å². The topological polar surface area (TPSA) is 46.2 Å². The molecule has 0 aliphatic rings. The highest BCUT2D eigenvalue weighted by molar-refractivity contribution is 7.91. The molecule has 0 unspecified atom stereocenters. The van der Waals surface area contributed by atoms with Crippen LogP contribution in [0.2, 0.25) is 5.02 Å². The van der Waals surface area contributed by atoms with E-state index in [1.54, 1.807) is 54.6 Å². The lowest BCUT2D eigenvalue weighted by molar-refractivity contribution is -0.112. The standard InChI is InChI=1S/C15H10Cl3NO2S/c16-11-8-4-5-9-12(11)19-15(20)13(17)14(18)22(21)10-6-2-1-3-7-10/h1-9H,(H,19,20)/b14-13-/t22-/m0/s1. The van der Waals surface area contributed by atoms with Crippen molar-refractivity contribution in [2.45, 2.75) is 4.90 Å². The number of halogens is 3. The lowest BCUT2D eigenvalue weighted by atomic mass is 10.3. The van der Waals surface area contributed by atoms with Gasteiger partial charge < -0.3 is 5.32 Å². The zero-order valence-electron chi connectivity index (χ0n) is 11.1. The van der Waals surface area contributed by atoms with Gasteiger partial charge in [-0.25, -0.2) is 4.21 Å². The van der Waals surface area contributed by atoms with E-state index in [0.29, 0.717) is 15.6 Å². The zero-order chi connectivity index (χ0) is 16.1. The van der Waals surface area contributed by atoms with E-state index in [4.69, 9.17) is 34.8 Å². The highest BCUT2D eigenvalue weighted by Gasteiger charge is 2.18. The molecule has 0 aliphatic carbocycles. The summed E-state index contributed by atoms with van der Waals surface area (Å²) in [5.74, 6) is -0.677. The van der Waals surface area contributed by atoms with Gasteiger partial charge in [-0.15, -0.1) is 0 Å². The molecule has 2 aromatic rings. The van der Waals surface area contributed by atoms with Crippen LogP contribution in [0.5, 0.6) is 0 Å². The molecule has 3 nitrogen and oxygen atoms in total. The Kier molecular flexibility index (Phi) is 6.03. The summed E-state index contributed by atoms with van der Waals surface area (Å²) in [5.41, 5.74) is 0.391. The van der Waals surface area contributed by atoms with Crippen molar-refractivity contribution in [2.24, 2.45) is 0 Å². The second-order valence-electron chi connectivity index (χ2n) is 4.10. The molecule has 1 N–H and O–H groups in total. The molecule has 0 aromatic heterocycles. The fraction of sp³-hybridized carbons (Fsp3) is 0. The monoisotopic (exact) mass is 373 g/mol. The first-order valence-corrected chi connectivity index (χ1v) is 8.37. The molecule has 0 bridgehead atoms. The van der Waals surface area contributed by atoms with Crippen LogP contribution >= 0.6 is 34.8 Å². The minimum absolute atomic E-state index is 0.238. The Labute approximate surface area is 145 Å². The fourth-order valence-electron chi connectivity index (χ4n) is 1.56. The third-order valence-electron chi connectivity index (χ3n) is 2.61. The first kappa shape index (κ1) is 17.0. The molecule has 0 fully saturated rings. The van der Waals surface area contributed by atoms with Gasteiger partial charge in [0.2, 0.25) is 0 Å². The molecule has 114 valence electrons. The Hall–Kier alpha value is -1.33. The van der Waals surface area contributed by atoms with Crippen molar-refractivity contribution < 1.29 is 9.00 Å². The van der Waals surface area contributed by atoms with Crippen LogP contribution in [-0.4, -0.2) is 10.1 Å². The van der Waals surface area contributed by atoms with E-state index >= 15 is 0 Å². The molecule has 22 heavy (non-hydrogen) atoms. The first-order chi connectivity index (χ1) is 10.5. The molecule has 0 radical (unpaired) electrons. The second kappa shape index (κ2) is 7.79. The van der Waals surface area contributed by atoms with E-state index in [2.05, 4.69) is 5.32 Å². The highest BCUT2D eigenvalue weighted by Crippen LogP contribution is 2.26. The number of anilines is 1.